The van der Waals surface area contributed by atoms with Gasteiger partial charge in [0.05, 0.1) is 4.92 Å². The second-order valence-corrected chi connectivity index (χ2v) is 7.62. The first-order valence-corrected chi connectivity index (χ1v) is 10.1. The summed E-state index contributed by atoms with van der Waals surface area (Å²) in [6, 6.07) is 2.46. The number of amides is 2. The van der Waals surface area contributed by atoms with E-state index in [2.05, 4.69) is 16.6 Å². The highest BCUT2D eigenvalue weighted by Gasteiger charge is 2.29. The van der Waals surface area contributed by atoms with Crippen molar-refractivity contribution in [3.05, 3.63) is 38.9 Å². The molecule has 0 spiro atoms. The van der Waals surface area contributed by atoms with E-state index in [9.17, 15) is 24.5 Å². The molecule has 0 saturated heterocycles. The molecule has 10 heteroatoms. The monoisotopic (exact) mass is 451 g/mol. The van der Waals surface area contributed by atoms with Crippen LogP contribution < -0.4 is 10.6 Å². The summed E-state index contributed by atoms with van der Waals surface area (Å²) in [6.45, 7) is 6.46. The van der Waals surface area contributed by atoms with Crippen molar-refractivity contribution < 1.29 is 24.0 Å². The van der Waals surface area contributed by atoms with Gasteiger partial charge in [-0.05, 0) is 30.9 Å². The molecule has 0 aliphatic heterocycles. The Morgan fingerprint density at radius 3 is 2.39 bits per heavy atom. The summed E-state index contributed by atoms with van der Waals surface area (Å²) in [4.78, 5) is 47.4. The molecule has 0 aliphatic carbocycles. The van der Waals surface area contributed by atoms with E-state index in [4.69, 9.17) is 22.8 Å². The fourth-order valence-corrected chi connectivity index (χ4v) is 2.90. The topological polar surface area (TPSA) is 128 Å². The Kier molecular flexibility index (Phi) is 9.46. The Labute approximate surface area is 186 Å². The van der Waals surface area contributed by atoms with Gasteiger partial charge in [0, 0.05) is 11.6 Å². The molecule has 0 aromatic heterocycles. The van der Waals surface area contributed by atoms with Crippen LogP contribution in [-0.4, -0.2) is 40.9 Å². The summed E-state index contributed by atoms with van der Waals surface area (Å²) in [5.74, 6) is 0.0757. The lowest BCUT2D eigenvalue weighted by atomic mass is 9.94. The van der Waals surface area contributed by atoms with Gasteiger partial charge in [-0.15, -0.1) is 6.42 Å². The van der Waals surface area contributed by atoms with E-state index in [-0.39, 0.29) is 16.5 Å². The summed E-state index contributed by atoms with van der Waals surface area (Å²) in [5.41, 5.74) is -1.30. The summed E-state index contributed by atoms with van der Waals surface area (Å²) >= 11 is 5.75. The highest BCUT2D eigenvalue weighted by atomic mass is 35.5. The number of esters is 1. The molecule has 0 bridgehead atoms. The molecule has 31 heavy (non-hydrogen) atoms. The molecule has 0 fully saturated rings. The normalized spacial score (nSPS) is 11.9. The number of terminal acetylenes is 1. The maximum atomic E-state index is 12.5. The number of nitrogens with zero attached hydrogens (tertiary/aromatic N) is 1. The van der Waals surface area contributed by atoms with Crippen molar-refractivity contribution in [1.29, 1.82) is 0 Å². The average molecular weight is 452 g/mol. The minimum Gasteiger partial charge on any atom is -0.454 e. The standard InChI is InChI=1S/C21H26ClN3O6/c1-6-21(7-2,8-3)24-17(26)12-31-20(28)18(13(4)5)23-19(27)14-9-10-15(22)16(11-14)25(29)30/h1,9-11,13,18H,7-8,12H2,2-5H3,(H,23,27)(H,24,26)/t18-/m0/s1. The van der Waals surface area contributed by atoms with Gasteiger partial charge in [0.1, 0.15) is 16.6 Å². The van der Waals surface area contributed by atoms with Crippen molar-refractivity contribution in [3.63, 3.8) is 0 Å². The number of halogens is 1. The first kappa shape index (κ1) is 25.9. The summed E-state index contributed by atoms with van der Waals surface area (Å²) in [7, 11) is 0. The van der Waals surface area contributed by atoms with Crippen LogP contribution in [0.3, 0.4) is 0 Å². The van der Waals surface area contributed by atoms with Crippen LogP contribution in [0.25, 0.3) is 0 Å². The lowest BCUT2D eigenvalue weighted by molar-refractivity contribution is -0.384. The Bertz CT molecular complexity index is 890. The van der Waals surface area contributed by atoms with Gasteiger partial charge in [-0.1, -0.05) is 45.2 Å². The predicted molar refractivity (Wildman–Crippen MR) is 115 cm³/mol. The van der Waals surface area contributed by atoms with Crippen LogP contribution in [-0.2, 0) is 14.3 Å². The van der Waals surface area contributed by atoms with E-state index in [0.29, 0.717) is 12.8 Å². The number of rotatable bonds is 10. The number of carbonyl (C=O) groups excluding carboxylic acids is 3. The Hall–Kier alpha value is -3.12. The molecule has 0 heterocycles. The van der Waals surface area contributed by atoms with E-state index >= 15 is 0 Å². The molecule has 2 amide bonds. The number of carbonyl (C=O) groups is 3. The van der Waals surface area contributed by atoms with Gasteiger partial charge in [-0.2, -0.15) is 0 Å². The lowest BCUT2D eigenvalue weighted by Crippen LogP contribution is -2.49. The summed E-state index contributed by atoms with van der Waals surface area (Å²) in [6.07, 6.45) is 6.52. The zero-order chi connectivity index (χ0) is 23.8. The van der Waals surface area contributed by atoms with Crippen LogP contribution in [0.15, 0.2) is 18.2 Å². The number of nitro groups is 1. The van der Waals surface area contributed by atoms with E-state index in [0.717, 1.165) is 6.07 Å². The molecule has 0 saturated carbocycles. The Morgan fingerprint density at radius 2 is 1.90 bits per heavy atom. The van der Waals surface area contributed by atoms with Crippen molar-refractivity contribution in [2.75, 3.05) is 6.61 Å². The smallest absolute Gasteiger partial charge is 0.329 e. The van der Waals surface area contributed by atoms with Gasteiger partial charge in [-0.25, -0.2) is 4.79 Å². The molecular weight excluding hydrogens is 426 g/mol. The second kappa shape index (κ2) is 11.3. The molecule has 1 aromatic rings. The molecule has 1 aromatic carbocycles. The van der Waals surface area contributed by atoms with E-state index in [1.165, 1.54) is 12.1 Å². The highest BCUT2D eigenvalue weighted by molar-refractivity contribution is 6.32. The predicted octanol–water partition coefficient (Wildman–Crippen LogP) is 2.85. The van der Waals surface area contributed by atoms with Crippen LogP contribution in [0.4, 0.5) is 5.69 Å². The Balaban J connectivity index is 2.84. The van der Waals surface area contributed by atoms with Crippen molar-refractivity contribution in [2.24, 2.45) is 5.92 Å². The third kappa shape index (κ3) is 6.96. The number of nitro benzene ring substituents is 1. The molecule has 1 rings (SSSR count). The highest BCUT2D eigenvalue weighted by Crippen LogP contribution is 2.25. The minimum absolute atomic E-state index is 0.0445. The van der Waals surface area contributed by atoms with E-state index in [1.807, 2.05) is 13.8 Å². The number of hydrogen-bond acceptors (Lipinski definition) is 6. The van der Waals surface area contributed by atoms with Crippen LogP contribution in [0, 0.1) is 28.4 Å². The van der Waals surface area contributed by atoms with Gasteiger partial charge < -0.3 is 15.4 Å². The number of ether oxygens (including phenoxy) is 1. The molecule has 0 radical (unpaired) electrons. The number of hydrogen-bond donors (Lipinski definition) is 2. The SMILES string of the molecule is C#CC(CC)(CC)NC(=O)COC(=O)[C@@H](NC(=O)c1ccc(Cl)c([N+](=O)[O-])c1)C(C)C. The van der Waals surface area contributed by atoms with Gasteiger partial charge in [0.15, 0.2) is 6.61 Å². The van der Waals surface area contributed by atoms with Crippen LogP contribution in [0.5, 0.6) is 0 Å². The molecule has 168 valence electrons. The average Bonchev–Trinajstić information content (AvgIpc) is 2.73. The molecule has 2 N–H and O–H groups in total. The molecule has 1 atom stereocenters. The van der Waals surface area contributed by atoms with Crippen molar-refractivity contribution >= 4 is 35.1 Å². The van der Waals surface area contributed by atoms with Crippen molar-refractivity contribution in [3.8, 4) is 12.3 Å². The van der Waals surface area contributed by atoms with Crippen LogP contribution in [0.1, 0.15) is 50.9 Å². The molecule has 0 aliphatic rings. The third-order valence-electron chi connectivity index (χ3n) is 4.82. The second-order valence-electron chi connectivity index (χ2n) is 7.21. The largest absolute Gasteiger partial charge is 0.454 e. The van der Waals surface area contributed by atoms with Crippen molar-refractivity contribution in [1.82, 2.24) is 10.6 Å². The van der Waals surface area contributed by atoms with Crippen LogP contribution >= 0.6 is 11.6 Å². The first-order chi connectivity index (χ1) is 14.5. The zero-order valence-electron chi connectivity index (χ0n) is 17.9. The molecule has 0 unspecified atom stereocenters. The fourth-order valence-electron chi connectivity index (χ4n) is 2.71. The number of benzene rings is 1. The number of nitrogens with one attached hydrogen (secondary N) is 2. The first-order valence-electron chi connectivity index (χ1n) is 9.70. The van der Waals surface area contributed by atoms with Gasteiger partial charge >= 0.3 is 5.97 Å². The minimum atomic E-state index is -1.08. The van der Waals surface area contributed by atoms with Gasteiger partial charge in [-0.3, -0.25) is 19.7 Å². The maximum Gasteiger partial charge on any atom is 0.329 e. The molecule has 9 nitrogen and oxygen atoms in total. The maximum absolute atomic E-state index is 12.5. The summed E-state index contributed by atoms with van der Waals surface area (Å²) < 4.78 is 5.06. The Morgan fingerprint density at radius 1 is 1.29 bits per heavy atom. The fraction of sp³-hybridized carbons (Fsp3) is 0.476. The summed E-state index contributed by atoms with van der Waals surface area (Å²) in [5, 5.41) is 16.1. The zero-order valence-corrected chi connectivity index (χ0v) is 18.6. The van der Waals surface area contributed by atoms with Crippen LogP contribution in [0.2, 0.25) is 5.02 Å². The van der Waals surface area contributed by atoms with E-state index in [1.54, 1.807) is 13.8 Å². The quantitative estimate of drug-likeness (QED) is 0.243. The van der Waals surface area contributed by atoms with E-state index < -0.39 is 46.6 Å². The van der Waals surface area contributed by atoms with Gasteiger partial charge in [0.25, 0.3) is 17.5 Å². The molecular formula is C21H26ClN3O6. The lowest BCUT2D eigenvalue weighted by Gasteiger charge is -2.27. The van der Waals surface area contributed by atoms with Crippen molar-refractivity contribution in [2.45, 2.75) is 52.1 Å². The van der Waals surface area contributed by atoms with Gasteiger partial charge in [0.2, 0.25) is 0 Å². The third-order valence-corrected chi connectivity index (χ3v) is 5.14.